The SMILES string of the molecule is CC=C(c1ccc(-c2ccncc2)cc1)c1ccc(-c2ccncc2)cc1. The zero-order valence-electron chi connectivity index (χ0n) is 15.2. The van der Waals surface area contributed by atoms with Crippen LogP contribution < -0.4 is 0 Å². The number of nitrogens with zero attached hydrogens (tertiary/aromatic N) is 2. The van der Waals surface area contributed by atoms with E-state index in [1.165, 1.54) is 39.0 Å². The van der Waals surface area contributed by atoms with E-state index in [-0.39, 0.29) is 0 Å². The lowest BCUT2D eigenvalue weighted by atomic mass is 9.94. The van der Waals surface area contributed by atoms with Gasteiger partial charge in [0, 0.05) is 24.8 Å². The molecule has 2 nitrogen and oxygen atoms in total. The monoisotopic (exact) mass is 348 g/mol. The van der Waals surface area contributed by atoms with Crippen LogP contribution in [0.4, 0.5) is 0 Å². The third-order valence-corrected chi connectivity index (χ3v) is 4.71. The van der Waals surface area contributed by atoms with E-state index in [0.717, 1.165) is 0 Å². The molecule has 0 atom stereocenters. The van der Waals surface area contributed by atoms with E-state index in [2.05, 4.69) is 71.5 Å². The van der Waals surface area contributed by atoms with E-state index in [4.69, 9.17) is 0 Å². The van der Waals surface area contributed by atoms with E-state index < -0.39 is 0 Å². The molecule has 0 unspecified atom stereocenters. The van der Waals surface area contributed by atoms with Gasteiger partial charge in [-0.15, -0.1) is 0 Å². The van der Waals surface area contributed by atoms with Crippen LogP contribution in [0, 0.1) is 0 Å². The van der Waals surface area contributed by atoms with Crippen molar-refractivity contribution in [1.29, 1.82) is 0 Å². The summed E-state index contributed by atoms with van der Waals surface area (Å²) in [6.45, 7) is 2.09. The second-order valence-corrected chi connectivity index (χ2v) is 6.33. The minimum absolute atomic E-state index is 1.18. The van der Waals surface area contributed by atoms with Crippen LogP contribution in [0.25, 0.3) is 27.8 Å². The van der Waals surface area contributed by atoms with Crippen molar-refractivity contribution in [3.8, 4) is 22.3 Å². The molecule has 0 aliphatic heterocycles. The summed E-state index contributed by atoms with van der Waals surface area (Å²) in [6, 6.07) is 25.5. The number of hydrogen-bond donors (Lipinski definition) is 0. The number of hydrogen-bond acceptors (Lipinski definition) is 2. The molecule has 0 aliphatic rings. The Morgan fingerprint density at radius 3 is 1.19 bits per heavy atom. The normalized spacial score (nSPS) is 10.4. The van der Waals surface area contributed by atoms with Crippen molar-refractivity contribution in [3.05, 3.63) is 115 Å². The fourth-order valence-corrected chi connectivity index (χ4v) is 3.27. The first-order chi connectivity index (χ1) is 13.3. The molecule has 130 valence electrons. The molecule has 2 aromatic carbocycles. The average molecular weight is 348 g/mol. The maximum absolute atomic E-state index is 4.09. The summed E-state index contributed by atoms with van der Waals surface area (Å²) < 4.78 is 0. The van der Waals surface area contributed by atoms with Gasteiger partial charge in [0.15, 0.2) is 0 Å². The third kappa shape index (κ3) is 3.70. The first-order valence-corrected chi connectivity index (χ1v) is 9.03. The Balaban J connectivity index is 1.61. The highest BCUT2D eigenvalue weighted by Crippen LogP contribution is 2.28. The Morgan fingerprint density at radius 2 is 0.852 bits per heavy atom. The number of rotatable bonds is 4. The first-order valence-electron chi connectivity index (χ1n) is 9.03. The summed E-state index contributed by atoms with van der Waals surface area (Å²) in [5.41, 5.74) is 8.42. The Hall–Kier alpha value is -3.52. The highest BCUT2D eigenvalue weighted by atomic mass is 14.6. The van der Waals surface area contributed by atoms with Crippen molar-refractivity contribution in [2.75, 3.05) is 0 Å². The molecule has 27 heavy (non-hydrogen) atoms. The minimum Gasteiger partial charge on any atom is -0.265 e. The summed E-state index contributed by atoms with van der Waals surface area (Å²) in [5.74, 6) is 0. The maximum atomic E-state index is 4.09. The fourth-order valence-electron chi connectivity index (χ4n) is 3.27. The summed E-state index contributed by atoms with van der Waals surface area (Å²) >= 11 is 0. The average Bonchev–Trinajstić information content (AvgIpc) is 2.76. The zero-order valence-corrected chi connectivity index (χ0v) is 15.2. The standard InChI is InChI=1S/C25H20N2/c1-2-25(23-7-3-19(4-8-23)21-11-15-26-16-12-21)24-9-5-20(6-10-24)22-13-17-27-18-14-22/h2-18H,1H3. The van der Waals surface area contributed by atoms with Crippen molar-refractivity contribution in [2.45, 2.75) is 6.92 Å². The van der Waals surface area contributed by atoms with Crippen molar-refractivity contribution in [3.63, 3.8) is 0 Å². The Labute approximate surface area is 159 Å². The number of aromatic nitrogens is 2. The molecule has 2 heteroatoms. The van der Waals surface area contributed by atoms with Gasteiger partial charge in [0.2, 0.25) is 0 Å². The lowest BCUT2D eigenvalue weighted by Gasteiger charge is -2.10. The Kier molecular flexibility index (Phi) is 4.88. The van der Waals surface area contributed by atoms with Gasteiger partial charge in [0.1, 0.15) is 0 Å². The molecule has 0 saturated heterocycles. The summed E-state index contributed by atoms with van der Waals surface area (Å²) in [5, 5.41) is 0. The lowest BCUT2D eigenvalue weighted by molar-refractivity contribution is 1.33. The topological polar surface area (TPSA) is 25.8 Å². The van der Waals surface area contributed by atoms with E-state index >= 15 is 0 Å². The van der Waals surface area contributed by atoms with Crippen LogP contribution in [0.15, 0.2) is 104 Å². The van der Waals surface area contributed by atoms with Gasteiger partial charge in [-0.1, -0.05) is 54.6 Å². The third-order valence-electron chi connectivity index (χ3n) is 4.71. The molecular formula is C25H20N2. The first kappa shape index (κ1) is 16.9. The van der Waals surface area contributed by atoms with Gasteiger partial charge >= 0.3 is 0 Å². The molecule has 0 aliphatic carbocycles. The predicted octanol–water partition coefficient (Wildman–Crippen LogP) is 6.26. The molecule has 4 rings (SSSR count). The van der Waals surface area contributed by atoms with Crippen LogP contribution in [-0.2, 0) is 0 Å². The highest BCUT2D eigenvalue weighted by molar-refractivity contribution is 5.81. The molecule has 0 radical (unpaired) electrons. The Bertz CT molecular complexity index is 948. The van der Waals surface area contributed by atoms with Crippen molar-refractivity contribution in [1.82, 2.24) is 9.97 Å². The second-order valence-electron chi connectivity index (χ2n) is 6.33. The van der Waals surface area contributed by atoms with Crippen LogP contribution in [0.1, 0.15) is 18.1 Å². The molecule has 0 bridgehead atoms. The maximum Gasteiger partial charge on any atom is 0.0273 e. The van der Waals surface area contributed by atoms with Gasteiger partial charge in [-0.25, -0.2) is 0 Å². The van der Waals surface area contributed by atoms with Gasteiger partial charge in [-0.2, -0.15) is 0 Å². The number of benzene rings is 2. The van der Waals surface area contributed by atoms with E-state index in [1.54, 1.807) is 0 Å². The van der Waals surface area contributed by atoms with Crippen LogP contribution in [-0.4, -0.2) is 9.97 Å². The van der Waals surface area contributed by atoms with Gasteiger partial charge in [-0.05, 0) is 70.1 Å². The largest absolute Gasteiger partial charge is 0.265 e. The highest BCUT2D eigenvalue weighted by Gasteiger charge is 2.06. The number of allylic oxidation sites excluding steroid dienone is 1. The zero-order chi connectivity index (χ0) is 18.5. The number of pyridine rings is 2. The molecule has 0 fully saturated rings. The van der Waals surface area contributed by atoms with Crippen molar-refractivity contribution in [2.24, 2.45) is 0 Å². The molecule has 4 aromatic rings. The van der Waals surface area contributed by atoms with Crippen molar-refractivity contribution < 1.29 is 0 Å². The van der Waals surface area contributed by atoms with E-state index in [9.17, 15) is 0 Å². The predicted molar refractivity (Wildman–Crippen MR) is 112 cm³/mol. The van der Waals surface area contributed by atoms with Crippen LogP contribution in [0.2, 0.25) is 0 Å². The summed E-state index contributed by atoms with van der Waals surface area (Å²) in [6.07, 6.45) is 9.47. The molecule has 0 N–H and O–H groups in total. The van der Waals surface area contributed by atoms with E-state index in [0.29, 0.717) is 0 Å². The van der Waals surface area contributed by atoms with Crippen molar-refractivity contribution >= 4 is 5.57 Å². The van der Waals surface area contributed by atoms with Gasteiger partial charge in [0.25, 0.3) is 0 Å². The van der Waals surface area contributed by atoms with Crippen LogP contribution in [0.5, 0.6) is 0 Å². The molecule has 0 amide bonds. The molecule has 2 heterocycles. The van der Waals surface area contributed by atoms with E-state index in [1.807, 2.05) is 49.1 Å². The fraction of sp³-hybridized carbons (Fsp3) is 0.0400. The van der Waals surface area contributed by atoms with Crippen LogP contribution >= 0.6 is 0 Å². The van der Waals surface area contributed by atoms with Gasteiger partial charge < -0.3 is 0 Å². The second kappa shape index (κ2) is 7.79. The summed E-state index contributed by atoms with van der Waals surface area (Å²) in [7, 11) is 0. The quantitative estimate of drug-likeness (QED) is 0.435. The molecular weight excluding hydrogens is 328 g/mol. The molecule has 0 saturated carbocycles. The smallest absolute Gasteiger partial charge is 0.0273 e. The lowest BCUT2D eigenvalue weighted by Crippen LogP contribution is -1.89. The van der Waals surface area contributed by atoms with Gasteiger partial charge in [-0.3, -0.25) is 9.97 Å². The summed E-state index contributed by atoms with van der Waals surface area (Å²) in [4.78, 5) is 8.17. The minimum atomic E-state index is 1.18. The van der Waals surface area contributed by atoms with Gasteiger partial charge in [0.05, 0.1) is 0 Å². The Morgan fingerprint density at radius 1 is 0.519 bits per heavy atom. The van der Waals surface area contributed by atoms with Crippen LogP contribution in [0.3, 0.4) is 0 Å². The molecule has 0 spiro atoms. The molecule has 2 aromatic heterocycles.